The second kappa shape index (κ2) is 5.75. The van der Waals surface area contributed by atoms with Gasteiger partial charge in [-0.25, -0.2) is 9.18 Å². The summed E-state index contributed by atoms with van der Waals surface area (Å²) in [6, 6.07) is 2.36. The van der Waals surface area contributed by atoms with Crippen molar-refractivity contribution >= 4 is 5.97 Å². The molecule has 0 aromatic heterocycles. The smallest absolute Gasteiger partial charge is 0.329 e. The molecule has 3 N–H and O–H groups in total. The Morgan fingerprint density at radius 3 is 2.47 bits per heavy atom. The van der Waals surface area contributed by atoms with Crippen LogP contribution in [0.25, 0.3) is 0 Å². The van der Waals surface area contributed by atoms with Gasteiger partial charge in [-0.3, -0.25) is 0 Å². The van der Waals surface area contributed by atoms with Crippen LogP contribution in [0.2, 0.25) is 0 Å². The van der Waals surface area contributed by atoms with Crippen molar-refractivity contribution in [1.82, 2.24) is 0 Å². The average Bonchev–Trinajstić information content (AvgIpc) is 2.14. The second-order valence-electron chi connectivity index (χ2n) is 3.97. The fourth-order valence-corrected chi connectivity index (χ4v) is 1.86. The molecular formula is C12H16FNO3. The lowest BCUT2D eigenvalue weighted by Crippen LogP contribution is -2.21. The van der Waals surface area contributed by atoms with Gasteiger partial charge in [-0.1, -0.05) is 0 Å². The summed E-state index contributed by atoms with van der Waals surface area (Å²) in [5.74, 6) is -1.34. The van der Waals surface area contributed by atoms with Crippen molar-refractivity contribution in [3.63, 3.8) is 0 Å². The first-order valence-corrected chi connectivity index (χ1v) is 5.23. The summed E-state index contributed by atoms with van der Waals surface area (Å²) < 4.78 is 18.0. The van der Waals surface area contributed by atoms with E-state index in [4.69, 9.17) is 15.6 Å². The topological polar surface area (TPSA) is 72.5 Å². The summed E-state index contributed by atoms with van der Waals surface area (Å²) in [4.78, 5) is 10.3. The van der Waals surface area contributed by atoms with Crippen molar-refractivity contribution in [3.8, 4) is 0 Å². The third-order valence-corrected chi connectivity index (χ3v) is 2.45. The van der Waals surface area contributed by atoms with Gasteiger partial charge in [0.1, 0.15) is 12.4 Å². The minimum absolute atomic E-state index is 0.0968. The van der Waals surface area contributed by atoms with Gasteiger partial charge in [0, 0.05) is 0 Å². The molecule has 17 heavy (non-hydrogen) atoms. The number of halogens is 1. The molecule has 0 aliphatic heterocycles. The Morgan fingerprint density at radius 1 is 1.47 bits per heavy atom. The zero-order valence-corrected chi connectivity index (χ0v) is 9.87. The lowest BCUT2D eigenvalue weighted by Gasteiger charge is -2.17. The number of hydrogen-bond acceptors (Lipinski definition) is 3. The van der Waals surface area contributed by atoms with Crippen LogP contribution >= 0.6 is 0 Å². The van der Waals surface area contributed by atoms with Crippen molar-refractivity contribution in [2.24, 2.45) is 5.73 Å². The van der Waals surface area contributed by atoms with Crippen LogP contribution in [0, 0.1) is 19.7 Å². The maximum absolute atomic E-state index is 13.1. The van der Waals surface area contributed by atoms with E-state index in [0.29, 0.717) is 0 Å². The first kappa shape index (κ1) is 13.6. The molecule has 5 heteroatoms. The van der Waals surface area contributed by atoms with Gasteiger partial charge >= 0.3 is 5.97 Å². The Morgan fingerprint density at radius 2 is 2.00 bits per heavy atom. The van der Waals surface area contributed by atoms with Gasteiger partial charge in [-0.2, -0.15) is 0 Å². The van der Waals surface area contributed by atoms with Crippen molar-refractivity contribution in [2.75, 3.05) is 13.2 Å². The molecule has 0 bridgehead atoms. The van der Waals surface area contributed by atoms with Crippen molar-refractivity contribution < 1.29 is 19.0 Å². The zero-order valence-electron chi connectivity index (χ0n) is 9.87. The van der Waals surface area contributed by atoms with Crippen LogP contribution in [0.15, 0.2) is 12.1 Å². The molecule has 0 heterocycles. The van der Waals surface area contributed by atoms with Gasteiger partial charge in [0.15, 0.2) is 0 Å². The molecule has 0 saturated heterocycles. The number of aliphatic carboxylic acids is 1. The number of aryl methyl sites for hydroxylation is 2. The third kappa shape index (κ3) is 3.80. The van der Waals surface area contributed by atoms with Crippen molar-refractivity contribution in [2.45, 2.75) is 19.9 Å². The van der Waals surface area contributed by atoms with Crippen LogP contribution in [-0.4, -0.2) is 24.3 Å². The lowest BCUT2D eigenvalue weighted by molar-refractivity contribution is -0.142. The number of rotatable bonds is 5. The predicted molar refractivity (Wildman–Crippen MR) is 61.3 cm³/mol. The van der Waals surface area contributed by atoms with Crippen molar-refractivity contribution in [3.05, 3.63) is 34.6 Å². The molecule has 1 aromatic carbocycles. The lowest BCUT2D eigenvalue weighted by atomic mass is 9.97. The maximum atomic E-state index is 13.1. The summed E-state index contributed by atoms with van der Waals surface area (Å²) >= 11 is 0. The maximum Gasteiger partial charge on any atom is 0.329 e. The normalized spacial score (nSPS) is 12.5. The number of carboxylic acid groups (broad SMARTS) is 1. The van der Waals surface area contributed by atoms with Crippen LogP contribution in [0.3, 0.4) is 0 Å². The third-order valence-electron chi connectivity index (χ3n) is 2.45. The van der Waals surface area contributed by atoms with Crippen LogP contribution < -0.4 is 5.73 Å². The molecule has 0 fully saturated rings. The number of hydrogen-bond donors (Lipinski definition) is 2. The number of carbonyl (C=O) groups is 1. The van der Waals surface area contributed by atoms with Gasteiger partial charge in [0.05, 0.1) is 12.6 Å². The molecule has 0 aliphatic carbocycles. The largest absolute Gasteiger partial charge is 0.480 e. The Kier molecular flexibility index (Phi) is 4.60. The minimum atomic E-state index is -1.04. The Hall–Kier alpha value is -1.46. The number of ether oxygens (including phenoxy) is 1. The first-order valence-electron chi connectivity index (χ1n) is 5.23. The molecular weight excluding hydrogens is 225 g/mol. The standard InChI is InChI=1S/C12H16FNO3/c1-7-3-9(13)4-8(2)12(7)10(14)5-17-6-11(15)16/h3-4,10H,5-6,14H2,1-2H3,(H,15,16). The van der Waals surface area contributed by atoms with Crippen LogP contribution in [0.1, 0.15) is 22.7 Å². The molecule has 0 saturated carbocycles. The van der Waals surface area contributed by atoms with Gasteiger partial charge in [-0.05, 0) is 42.7 Å². The van der Waals surface area contributed by atoms with E-state index in [1.54, 1.807) is 13.8 Å². The monoisotopic (exact) mass is 241 g/mol. The highest BCUT2D eigenvalue weighted by Gasteiger charge is 2.14. The minimum Gasteiger partial charge on any atom is -0.480 e. The second-order valence-corrected chi connectivity index (χ2v) is 3.97. The van der Waals surface area contributed by atoms with E-state index in [2.05, 4.69) is 0 Å². The van der Waals surface area contributed by atoms with E-state index in [9.17, 15) is 9.18 Å². The predicted octanol–water partition coefficient (Wildman–Crippen LogP) is 1.54. The zero-order chi connectivity index (χ0) is 13.0. The molecule has 0 aliphatic rings. The molecule has 94 valence electrons. The Balaban J connectivity index is 2.75. The van der Waals surface area contributed by atoms with Gasteiger partial charge in [-0.15, -0.1) is 0 Å². The highest BCUT2D eigenvalue weighted by molar-refractivity contribution is 5.68. The number of carboxylic acids is 1. The summed E-state index contributed by atoms with van der Waals surface area (Å²) in [7, 11) is 0. The first-order chi connectivity index (χ1) is 7.91. The summed E-state index contributed by atoms with van der Waals surface area (Å²) in [6.45, 7) is 3.25. The molecule has 1 aromatic rings. The molecule has 1 atom stereocenters. The van der Waals surface area contributed by atoms with Crippen LogP contribution in [0.5, 0.6) is 0 Å². The number of benzene rings is 1. The van der Waals surface area contributed by atoms with E-state index in [1.807, 2.05) is 0 Å². The van der Waals surface area contributed by atoms with E-state index in [0.717, 1.165) is 16.7 Å². The van der Waals surface area contributed by atoms with E-state index in [1.165, 1.54) is 12.1 Å². The fraction of sp³-hybridized carbons (Fsp3) is 0.417. The molecule has 0 radical (unpaired) electrons. The molecule has 1 unspecified atom stereocenters. The quantitative estimate of drug-likeness (QED) is 0.820. The number of nitrogens with two attached hydrogens (primary N) is 1. The molecule has 0 amide bonds. The Labute approximate surface area is 99.2 Å². The summed E-state index contributed by atoms with van der Waals surface area (Å²) in [5, 5.41) is 8.43. The fourth-order valence-electron chi connectivity index (χ4n) is 1.86. The van der Waals surface area contributed by atoms with Gasteiger partial charge in [0.2, 0.25) is 0 Å². The molecule has 0 spiro atoms. The van der Waals surface area contributed by atoms with Gasteiger partial charge in [0.25, 0.3) is 0 Å². The SMILES string of the molecule is Cc1cc(F)cc(C)c1C(N)COCC(=O)O. The van der Waals surface area contributed by atoms with Crippen LogP contribution in [-0.2, 0) is 9.53 Å². The van der Waals surface area contributed by atoms with Crippen LogP contribution in [0.4, 0.5) is 4.39 Å². The van der Waals surface area contributed by atoms with E-state index in [-0.39, 0.29) is 19.0 Å². The highest BCUT2D eigenvalue weighted by atomic mass is 19.1. The molecule has 4 nitrogen and oxygen atoms in total. The van der Waals surface area contributed by atoms with E-state index < -0.39 is 12.0 Å². The van der Waals surface area contributed by atoms with Crippen molar-refractivity contribution in [1.29, 1.82) is 0 Å². The molecule has 1 rings (SSSR count). The van der Waals surface area contributed by atoms with E-state index >= 15 is 0 Å². The highest BCUT2D eigenvalue weighted by Crippen LogP contribution is 2.21. The average molecular weight is 241 g/mol. The Bertz CT molecular complexity index is 397. The summed E-state index contributed by atoms with van der Waals surface area (Å²) in [6.07, 6.45) is 0. The van der Waals surface area contributed by atoms with Gasteiger partial charge < -0.3 is 15.6 Å². The summed E-state index contributed by atoms with van der Waals surface area (Å²) in [5.41, 5.74) is 8.18.